The zero-order chi connectivity index (χ0) is 14.5. The number of H-pyrrole nitrogens is 1. The van der Waals surface area contributed by atoms with Crippen molar-refractivity contribution in [2.45, 2.75) is 25.7 Å². The summed E-state index contributed by atoms with van der Waals surface area (Å²) in [4.78, 5) is 8.00. The number of hydrogen-bond acceptors (Lipinski definition) is 2. The molecule has 2 heterocycles. The van der Waals surface area contributed by atoms with Crippen molar-refractivity contribution in [2.75, 3.05) is 13.7 Å². The smallest absolute Gasteiger partial charge is 0.120 e. The number of benzene rings is 1. The largest absolute Gasteiger partial charge is 0.497 e. The van der Waals surface area contributed by atoms with E-state index in [1.807, 2.05) is 6.07 Å². The van der Waals surface area contributed by atoms with Crippen molar-refractivity contribution in [3.05, 3.63) is 42.6 Å². The van der Waals surface area contributed by atoms with E-state index in [9.17, 15) is 0 Å². The summed E-state index contributed by atoms with van der Waals surface area (Å²) in [6, 6.07) is 6.26. The van der Waals surface area contributed by atoms with Gasteiger partial charge in [-0.3, -0.25) is 4.99 Å². The van der Waals surface area contributed by atoms with Gasteiger partial charge in [0.15, 0.2) is 0 Å². The molecule has 1 aromatic carbocycles. The van der Waals surface area contributed by atoms with Gasteiger partial charge >= 0.3 is 0 Å². The Labute approximate surface area is 120 Å². The van der Waals surface area contributed by atoms with Gasteiger partial charge in [-0.2, -0.15) is 0 Å². The lowest BCUT2D eigenvalue weighted by atomic mass is 9.96. The highest BCUT2D eigenvalue weighted by Crippen LogP contribution is 2.32. The van der Waals surface area contributed by atoms with Crippen LogP contribution in [0.1, 0.15) is 30.5 Å². The molecule has 106 valence electrons. The van der Waals surface area contributed by atoms with Crippen molar-refractivity contribution >= 4 is 17.1 Å². The Hall–Kier alpha value is -2.03. The van der Waals surface area contributed by atoms with E-state index in [2.05, 4.69) is 48.4 Å². The van der Waals surface area contributed by atoms with E-state index in [0.29, 0.717) is 5.92 Å². The van der Waals surface area contributed by atoms with Crippen LogP contribution in [-0.2, 0) is 6.42 Å². The molecule has 0 amide bonds. The minimum absolute atomic E-state index is 0.502. The normalized spacial score (nSPS) is 17.6. The predicted molar refractivity (Wildman–Crippen MR) is 86.2 cm³/mol. The molecule has 2 aromatic rings. The molecule has 0 bridgehead atoms. The van der Waals surface area contributed by atoms with Crippen LogP contribution in [0.4, 0.5) is 0 Å². The third kappa shape index (κ3) is 2.62. The fraction of sp³-hybridized carbons (Fsp3) is 0.353. The van der Waals surface area contributed by atoms with Crippen molar-refractivity contribution in [2.24, 2.45) is 4.99 Å². The van der Waals surface area contributed by atoms with Gasteiger partial charge in [-0.1, -0.05) is 6.92 Å². The average molecular weight is 270 g/mol. The van der Waals surface area contributed by atoms with E-state index in [0.717, 1.165) is 25.1 Å². The molecule has 1 aliphatic heterocycles. The van der Waals surface area contributed by atoms with E-state index in [1.54, 1.807) is 7.11 Å². The van der Waals surface area contributed by atoms with Crippen molar-refractivity contribution in [3.63, 3.8) is 0 Å². The van der Waals surface area contributed by atoms with Gasteiger partial charge < -0.3 is 9.72 Å². The monoisotopic (exact) mass is 270 g/mol. The predicted octanol–water partition coefficient (Wildman–Crippen LogP) is 4.10. The maximum Gasteiger partial charge on any atom is 0.120 e. The van der Waals surface area contributed by atoms with Crippen LogP contribution in [0.25, 0.3) is 10.9 Å². The summed E-state index contributed by atoms with van der Waals surface area (Å²) in [5.74, 6) is 1.41. The summed E-state index contributed by atoms with van der Waals surface area (Å²) in [5, 5.41) is 1.31. The third-order valence-corrected chi connectivity index (χ3v) is 3.72. The van der Waals surface area contributed by atoms with Gasteiger partial charge in [0.2, 0.25) is 0 Å². The van der Waals surface area contributed by atoms with Crippen molar-refractivity contribution in [1.82, 2.24) is 4.98 Å². The molecule has 1 aromatic heterocycles. The number of nitrogens with zero attached hydrogens (tertiary/aromatic N) is 1. The van der Waals surface area contributed by atoms with Gasteiger partial charge in [0.1, 0.15) is 5.75 Å². The van der Waals surface area contributed by atoms with Crippen molar-refractivity contribution in [3.8, 4) is 5.75 Å². The SMILES string of the molecule is C=C.COc1ccc2c3c([nH]c2c1)C(C)CC=NCC3. The molecule has 3 heteroatoms. The molecule has 20 heavy (non-hydrogen) atoms. The molecule has 3 rings (SSSR count). The first kappa shape index (κ1) is 14.4. The zero-order valence-electron chi connectivity index (χ0n) is 12.3. The van der Waals surface area contributed by atoms with Crippen LogP contribution in [0.2, 0.25) is 0 Å². The van der Waals surface area contributed by atoms with Gasteiger partial charge in [0.05, 0.1) is 7.11 Å². The van der Waals surface area contributed by atoms with Crippen molar-refractivity contribution < 1.29 is 4.74 Å². The molecule has 0 aliphatic carbocycles. The molecule has 3 nitrogen and oxygen atoms in total. The van der Waals surface area contributed by atoms with E-state index in [-0.39, 0.29) is 0 Å². The molecule has 1 aliphatic rings. The highest BCUT2D eigenvalue weighted by atomic mass is 16.5. The number of methoxy groups -OCH3 is 1. The summed E-state index contributed by atoms with van der Waals surface area (Å²) in [7, 11) is 1.70. The Morgan fingerprint density at radius 3 is 2.90 bits per heavy atom. The molecule has 0 saturated heterocycles. The maximum atomic E-state index is 5.29. The van der Waals surface area contributed by atoms with E-state index in [4.69, 9.17) is 4.74 Å². The number of aromatic nitrogens is 1. The Kier molecular flexibility index (Phi) is 4.61. The van der Waals surface area contributed by atoms with Crippen LogP contribution >= 0.6 is 0 Å². The second kappa shape index (κ2) is 6.42. The molecule has 0 radical (unpaired) electrons. The lowest BCUT2D eigenvalue weighted by Crippen LogP contribution is -2.04. The van der Waals surface area contributed by atoms with Crippen LogP contribution in [0, 0.1) is 0 Å². The summed E-state index contributed by atoms with van der Waals surface area (Å²) >= 11 is 0. The van der Waals surface area contributed by atoms with Gasteiger partial charge in [-0.15, -0.1) is 13.2 Å². The minimum atomic E-state index is 0.502. The van der Waals surface area contributed by atoms with Gasteiger partial charge in [0, 0.05) is 35.1 Å². The second-order valence-electron chi connectivity index (χ2n) is 4.90. The molecular weight excluding hydrogens is 248 g/mol. The van der Waals surface area contributed by atoms with Crippen LogP contribution in [-0.4, -0.2) is 24.9 Å². The molecular formula is C17H22N2O. The first-order valence-corrected chi connectivity index (χ1v) is 6.96. The number of aliphatic imine (C=N–C) groups is 1. The molecule has 1 atom stereocenters. The number of ether oxygens (including phenoxy) is 1. The fourth-order valence-corrected chi connectivity index (χ4v) is 2.69. The lowest BCUT2D eigenvalue weighted by molar-refractivity contribution is 0.415. The number of aromatic amines is 1. The van der Waals surface area contributed by atoms with E-state index < -0.39 is 0 Å². The van der Waals surface area contributed by atoms with Crippen LogP contribution < -0.4 is 4.74 Å². The Balaban J connectivity index is 0.000000704. The second-order valence-corrected chi connectivity index (χ2v) is 4.90. The van der Waals surface area contributed by atoms with Gasteiger partial charge in [-0.25, -0.2) is 0 Å². The Morgan fingerprint density at radius 1 is 1.35 bits per heavy atom. The Bertz CT molecular complexity index is 613. The molecule has 0 saturated carbocycles. The maximum absolute atomic E-state index is 5.29. The minimum Gasteiger partial charge on any atom is -0.497 e. The summed E-state index contributed by atoms with van der Waals surface area (Å²) in [6.07, 6.45) is 4.08. The van der Waals surface area contributed by atoms with Gasteiger partial charge in [0.25, 0.3) is 0 Å². The van der Waals surface area contributed by atoms with Crippen LogP contribution in [0.5, 0.6) is 5.75 Å². The van der Waals surface area contributed by atoms with Crippen LogP contribution in [0.15, 0.2) is 36.3 Å². The van der Waals surface area contributed by atoms with Gasteiger partial charge in [-0.05, 0) is 36.8 Å². The Morgan fingerprint density at radius 2 is 2.15 bits per heavy atom. The highest BCUT2D eigenvalue weighted by Gasteiger charge is 2.17. The topological polar surface area (TPSA) is 37.4 Å². The number of hydrogen-bond donors (Lipinski definition) is 1. The summed E-state index contributed by atoms with van der Waals surface area (Å²) in [5.41, 5.74) is 3.97. The summed E-state index contributed by atoms with van der Waals surface area (Å²) < 4.78 is 5.29. The quantitative estimate of drug-likeness (QED) is 0.778. The fourth-order valence-electron chi connectivity index (χ4n) is 2.69. The van der Waals surface area contributed by atoms with E-state index in [1.165, 1.54) is 22.2 Å². The lowest BCUT2D eigenvalue weighted by Gasteiger charge is -2.12. The first-order valence-electron chi connectivity index (χ1n) is 6.96. The highest BCUT2D eigenvalue weighted by molar-refractivity contribution is 5.86. The molecule has 1 N–H and O–H groups in total. The molecule has 0 fully saturated rings. The third-order valence-electron chi connectivity index (χ3n) is 3.72. The average Bonchev–Trinajstić information content (AvgIpc) is 2.84. The number of nitrogens with one attached hydrogen (secondary N) is 1. The first-order chi connectivity index (χ1) is 9.79. The summed E-state index contributed by atoms with van der Waals surface area (Å²) in [6.45, 7) is 9.14. The standard InChI is InChI=1S/C15H18N2O.C2H4/c1-10-5-7-16-8-6-13-12-4-3-11(18-2)9-14(12)17-15(10)13;1-2/h3-4,7,9-10,17H,5-6,8H2,1-2H3;1-2H2. The molecule has 1 unspecified atom stereocenters. The number of fused-ring (bicyclic) bond motifs is 3. The zero-order valence-corrected chi connectivity index (χ0v) is 12.3. The number of rotatable bonds is 1. The molecule has 0 spiro atoms. The van der Waals surface area contributed by atoms with E-state index >= 15 is 0 Å². The van der Waals surface area contributed by atoms with Crippen molar-refractivity contribution in [1.29, 1.82) is 0 Å². The van der Waals surface area contributed by atoms with Crippen LogP contribution in [0.3, 0.4) is 0 Å².